The molecule has 0 saturated heterocycles. The van der Waals surface area contributed by atoms with Crippen LogP contribution >= 0.6 is 22.7 Å². The van der Waals surface area contributed by atoms with Crippen molar-refractivity contribution in [2.45, 2.75) is 96.4 Å². The topological polar surface area (TPSA) is 76.7 Å². The van der Waals surface area contributed by atoms with E-state index in [2.05, 4.69) is 101 Å². The standard InChI is InChI=1S/C32H38ClF3N2O4Si.C16H19ClSi/c1-31(2,3)41-30(40)38-37-29(39)25(21-17-26(34)28(36)27(35)18-21)19-22(20-33)42-43(32(4,5)6,23-13-9-7-10-14-23)24-15-11-8-12-16-24;1-16(2,3)18(17,14-10-6-4-7-11-14)15-12-8-5-9-13-15/h7-18,22,25H,19-20H2,1-6H3,(H,37,39)(H,38,40);4-13H,1-3H3. The van der Waals surface area contributed by atoms with E-state index in [0.29, 0.717) is 0 Å². The quantitative estimate of drug-likeness (QED) is 0.0455. The van der Waals surface area contributed by atoms with Crippen LogP contribution in [0, 0.1) is 17.5 Å². The van der Waals surface area contributed by atoms with Gasteiger partial charge in [-0.05, 0) is 75.7 Å². The second-order valence-corrected chi connectivity index (χ2v) is 28.1. The van der Waals surface area contributed by atoms with Crippen LogP contribution in [0.1, 0.15) is 80.2 Å². The number of ether oxygens (including phenoxy) is 1. The fourth-order valence-corrected chi connectivity index (χ4v) is 16.5. The summed E-state index contributed by atoms with van der Waals surface area (Å²) in [4.78, 5) is 25.7. The maximum absolute atomic E-state index is 14.4. The summed E-state index contributed by atoms with van der Waals surface area (Å²) in [6, 6.07) is 42.1. The van der Waals surface area contributed by atoms with E-state index in [-0.39, 0.29) is 22.9 Å². The molecule has 0 aliphatic carbocycles. The minimum Gasteiger partial charge on any atom is -0.443 e. The Hall–Kier alpha value is -4.40. The molecule has 0 radical (unpaired) electrons. The molecule has 0 fully saturated rings. The lowest BCUT2D eigenvalue weighted by Crippen LogP contribution is -2.68. The van der Waals surface area contributed by atoms with Gasteiger partial charge < -0.3 is 9.16 Å². The van der Waals surface area contributed by atoms with Gasteiger partial charge in [0.25, 0.3) is 8.32 Å². The van der Waals surface area contributed by atoms with E-state index in [4.69, 9.17) is 31.8 Å². The zero-order chi connectivity index (χ0) is 45.2. The largest absolute Gasteiger partial charge is 0.443 e. The molecule has 2 N–H and O–H groups in total. The van der Waals surface area contributed by atoms with Crippen LogP contribution in [0.15, 0.2) is 133 Å². The average Bonchev–Trinajstić information content (AvgIpc) is 3.21. The summed E-state index contributed by atoms with van der Waals surface area (Å²) in [6.45, 7) is 17.9. The molecule has 5 aromatic carbocycles. The van der Waals surface area contributed by atoms with Crippen molar-refractivity contribution in [2.24, 2.45) is 0 Å². The van der Waals surface area contributed by atoms with E-state index in [0.717, 1.165) is 22.5 Å². The number of hydrogen-bond acceptors (Lipinski definition) is 4. The molecule has 61 heavy (non-hydrogen) atoms. The molecule has 0 aromatic heterocycles. The fourth-order valence-electron chi connectivity index (χ4n) is 7.39. The number of hydrogen-bond donors (Lipinski definition) is 2. The second kappa shape index (κ2) is 20.6. The molecule has 0 saturated carbocycles. The third-order valence-corrected chi connectivity index (χ3v) is 23.0. The third kappa shape index (κ3) is 12.2. The normalized spacial score (nSPS) is 13.3. The Labute approximate surface area is 371 Å². The van der Waals surface area contributed by atoms with Crippen molar-refractivity contribution in [3.63, 3.8) is 0 Å². The zero-order valence-electron chi connectivity index (χ0n) is 36.3. The van der Waals surface area contributed by atoms with Crippen molar-refractivity contribution in [2.75, 3.05) is 5.88 Å². The average molecular weight is 910 g/mol. The SMILES string of the molecule is CC(C)(C)OC(=O)NNC(=O)C(CC(CCl)O[Si](c1ccccc1)(c1ccccc1)C(C)(C)C)c1cc(F)c(F)c(F)c1.CC(C)(C)[Si](Cl)(c1ccccc1)c1ccccc1. The van der Waals surface area contributed by atoms with Gasteiger partial charge in [-0.15, -0.1) is 11.6 Å². The number of hydrazine groups is 1. The molecule has 0 heterocycles. The molecule has 2 atom stereocenters. The van der Waals surface area contributed by atoms with Gasteiger partial charge >= 0.3 is 6.09 Å². The molecule has 0 aliphatic heterocycles. The van der Waals surface area contributed by atoms with Crippen molar-refractivity contribution < 1.29 is 31.9 Å². The first-order valence-electron chi connectivity index (χ1n) is 20.1. The van der Waals surface area contributed by atoms with Gasteiger partial charge in [-0.25, -0.2) is 23.4 Å². The highest BCUT2D eigenvalue weighted by Gasteiger charge is 2.52. The van der Waals surface area contributed by atoms with E-state index < -0.39 is 67.8 Å². The fraction of sp³-hybridized carbons (Fsp3) is 0.333. The highest BCUT2D eigenvalue weighted by atomic mass is 35.6. The van der Waals surface area contributed by atoms with Crippen LogP contribution < -0.4 is 31.6 Å². The number of benzene rings is 5. The van der Waals surface area contributed by atoms with Crippen molar-refractivity contribution in [3.8, 4) is 0 Å². The van der Waals surface area contributed by atoms with Gasteiger partial charge in [0, 0.05) is 5.88 Å². The Morgan fingerprint density at radius 2 is 1.02 bits per heavy atom. The van der Waals surface area contributed by atoms with Crippen molar-refractivity contribution >= 4 is 71.1 Å². The molecule has 326 valence electrons. The highest BCUT2D eigenvalue weighted by Crippen LogP contribution is 2.40. The number of halogens is 5. The molecule has 5 rings (SSSR count). The van der Waals surface area contributed by atoms with Gasteiger partial charge in [0.2, 0.25) is 13.3 Å². The minimum atomic E-state index is -3.14. The van der Waals surface area contributed by atoms with E-state index >= 15 is 0 Å². The highest BCUT2D eigenvalue weighted by molar-refractivity contribution is 7.35. The molecule has 5 aromatic rings. The van der Waals surface area contributed by atoms with Crippen LogP contribution in [0.2, 0.25) is 10.1 Å². The Balaban J connectivity index is 0.000000377. The van der Waals surface area contributed by atoms with Crippen LogP contribution in [-0.4, -0.2) is 45.3 Å². The molecule has 2 unspecified atom stereocenters. The monoisotopic (exact) mass is 908 g/mol. The van der Waals surface area contributed by atoms with E-state index in [9.17, 15) is 22.8 Å². The van der Waals surface area contributed by atoms with Crippen molar-refractivity contribution in [3.05, 3.63) is 156 Å². The number of carbonyl (C=O) groups is 2. The van der Waals surface area contributed by atoms with Gasteiger partial charge in [-0.2, -0.15) is 11.1 Å². The lowest BCUT2D eigenvalue weighted by Gasteiger charge is -2.45. The molecular weight excluding hydrogens is 853 g/mol. The van der Waals surface area contributed by atoms with E-state index in [1.807, 2.05) is 72.8 Å². The lowest BCUT2D eigenvalue weighted by molar-refractivity contribution is -0.124. The summed E-state index contributed by atoms with van der Waals surface area (Å²) in [5.74, 6) is -6.75. The Morgan fingerprint density at radius 1 is 0.623 bits per heavy atom. The zero-order valence-corrected chi connectivity index (χ0v) is 39.8. The van der Waals surface area contributed by atoms with Gasteiger partial charge in [0.15, 0.2) is 17.5 Å². The molecule has 0 spiro atoms. The number of amides is 2. The molecular formula is C48H57Cl2F3N2O4Si2. The molecule has 0 aliphatic rings. The summed E-state index contributed by atoms with van der Waals surface area (Å²) in [5, 5.41) is 4.14. The summed E-state index contributed by atoms with van der Waals surface area (Å²) in [6.07, 6.45) is -1.88. The van der Waals surface area contributed by atoms with E-state index in [1.54, 1.807) is 20.8 Å². The molecule has 13 heteroatoms. The van der Waals surface area contributed by atoms with Crippen LogP contribution in [0.25, 0.3) is 0 Å². The van der Waals surface area contributed by atoms with Gasteiger partial charge in [-0.1, -0.05) is 163 Å². The molecule has 6 nitrogen and oxygen atoms in total. The Morgan fingerprint density at radius 3 is 1.36 bits per heavy atom. The Kier molecular flexibility index (Phi) is 16.7. The first-order valence-corrected chi connectivity index (χ1v) is 25.6. The van der Waals surface area contributed by atoms with Gasteiger partial charge in [-0.3, -0.25) is 10.2 Å². The first-order chi connectivity index (χ1) is 28.5. The van der Waals surface area contributed by atoms with Crippen LogP contribution in [-0.2, 0) is 14.0 Å². The smallest absolute Gasteiger partial charge is 0.426 e. The predicted molar refractivity (Wildman–Crippen MR) is 248 cm³/mol. The van der Waals surface area contributed by atoms with Gasteiger partial charge in [0.05, 0.1) is 12.0 Å². The maximum Gasteiger partial charge on any atom is 0.426 e. The predicted octanol–water partition coefficient (Wildman–Crippen LogP) is 10.1. The van der Waals surface area contributed by atoms with Gasteiger partial charge in [0.1, 0.15) is 5.60 Å². The Bertz CT molecular complexity index is 2080. The second-order valence-electron chi connectivity index (χ2n) is 17.9. The van der Waals surface area contributed by atoms with Crippen LogP contribution in [0.5, 0.6) is 0 Å². The van der Waals surface area contributed by atoms with Crippen LogP contribution in [0.3, 0.4) is 0 Å². The third-order valence-electron chi connectivity index (χ3n) is 10.2. The maximum atomic E-state index is 14.4. The van der Waals surface area contributed by atoms with Crippen molar-refractivity contribution in [1.29, 1.82) is 0 Å². The molecule has 0 bridgehead atoms. The number of alkyl halides is 1. The minimum absolute atomic E-state index is 0.0667. The van der Waals surface area contributed by atoms with E-state index in [1.165, 1.54) is 10.4 Å². The summed E-state index contributed by atoms with van der Waals surface area (Å²) in [5.41, 5.74) is 3.42. The molecule has 2 amide bonds. The summed E-state index contributed by atoms with van der Waals surface area (Å²) >= 11 is 13.7. The number of nitrogens with one attached hydrogen (secondary N) is 2. The summed E-state index contributed by atoms with van der Waals surface area (Å²) < 4.78 is 54.8. The summed E-state index contributed by atoms with van der Waals surface area (Å²) in [7, 11) is -5.37. The lowest BCUT2D eigenvalue weighted by atomic mass is 9.92. The van der Waals surface area contributed by atoms with Crippen molar-refractivity contribution in [1.82, 2.24) is 10.9 Å². The number of carbonyl (C=O) groups excluding carboxylic acids is 2. The van der Waals surface area contributed by atoms with Crippen LogP contribution in [0.4, 0.5) is 18.0 Å². The first kappa shape index (κ1) is 49.3. The number of rotatable bonds is 11.